The van der Waals surface area contributed by atoms with Crippen LogP contribution in [0.5, 0.6) is 0 Å². The summed E-state index contributed by atoms with van der Waals surface area (Å²) >= 11 is 0. The molecule has 3 rings (SSSR count). The van der Waals surface area contributed by atoms with Gasteiger partial charge in [0.1, 0.15) is 0 Å². The lowest BCUT2D eigenvalue weighted by molar-refractivity contribution is -0.165. The molecule has 0 bridgehead atoms. The molecule has 3 saturated heterocycles. The summed E-state index contributed by atoms with van der Waals surface area (Å²) < 4.78 is 5.35. The van der Waals surface area contributed by atoms with Gasteiger partial charge in [0.25, 0.3) is 0 Å². The summed E-state index contributed by atoms with van der Waals surface area (Å²) in [6.07, 6.45) is 7.15. The molecule has 0 unspecified atom stereocenters. The van der Waals surface area contributed by atoms with E-state index >= 15 is 0 Å². The molecule has 3 aliphatic heterocycles. The van der Waals surface area contributed by atoms with Gasteiger partial charge in [-0.05, 0) is 71.8 Å². The lowest BCUT2D eigenvalue weighted by atomic mass is 9.84. The smallest absolute Gasteiger partial charge is 0.222 e. The van der Waals surface area contributed by atoms with Gasteiger partial charge in [0.05, 0.1) is 18.8 Å². The average molecular weight is 629 g/mol. The second-order valence-electron chi connectivity index (χ2n) is 11.1. The lowest BCUT2D eigenvalue weighted by Gasteiger charge is -2.54. The number of likely N-dealkylation sites (tertiary alicyclic amines) is 2. The molecular weight excluding hydrogens is 538 g/mol. The molecule has 4 nitrogen and oxygen atoms in total. The molecule has 3 aliphatic rings. The van der Waals surface area contributed by atoms with Crippen LogP contribution in [0.1, 0.15) is 191 Å². The van der Waals surface area contributed by atoms with Crippen LogP contribution in [0.4, 0.5) is 0 Å². The molecule has 0 aromatic heterocycles. The zero-order valence-corrected chi connectivity index (χ0v) is 35.2. The fraction of sp³-hybridized carbons (Fsp3) is 0.974. The predicted octanol–water partition coefficient (Wildman–Crippen LogP) is 11.8. The van der Waals surface area contributed by atoms with Crippen LogP contribution < -0.4 is 0 Å². The van der Waals surface area contributed by atoms with Gasteiger partial charge in [0, 0.05) is 41.9 Å². The van der Waals surface area contributed by atoms with Crippen LogP contribution in [0.15, 0.2) is 0 Å². The highest BCUT2D eigenvalue weighted by Crippen LogP contribution is 2.35. The molecule has 6 radical (unpaired) electrons. The van der Waals surface area contributed by atoms with Crippen LogP contribution in [0.2, 0.25) is 0 Å². The lowest BCUT2D eigenvalue weighted by Crippen LogP contribution is -2.65. The first-order chi connectivity index (χ1) is 19.9. The molecular formula is C38H90B2N2O2. The Labute approximate surface area is 288 Å². The molecule has 0 atom stereocenters. The first kappa shape index (κ1) is 66.0. The summed E-state index contributed by atoms with van der Waals surface area (Å²) in [5.41, 5.74) is 0.451. The minimum atomic E-state index is 0. The monoisotopic (exact) mass is 629 g/mol. The van der Waals surface area contributed by atoms with E-state index in [1.165, 1.54) is 32.2 Å². The molecule has 3 heterocycles. The highest BCUT2D eigenvalue weighted by molar-refractivity contribution is 5.77. The molecule has 6 heteroatoms. The molecule has 0 aromatic carbocycles. The molecule has 0 N–H and O–H groups in total. The topological polar surface area (TPSA) is 32.8 Å². The maximum absolute atomic E-state index is 11.2. The van der Waals surface area contributed by atoms with E-state index in [4.69, 9.17) is 4.74 Å². The fourth-order valence-electron chi connectivity index (χ4n) is 3.94. The number of ether oxygens (including phenoxy) is 1. The number of amides is 1. The second kappa shape index (κ2) is 52.1. The van der Waals surface area contributed by atoms with Gasteiger partial charge in [-0.1, -0.05) is 131 Å². The number of hydrogen-bond acceptors (Lipinski definition) is 3. The van der Waals surface area contributed by atoms with Crippen LogP contribution in [0.25, 0.3) is 0 Å². The zero-order chi connectivity index (χ0) is 35.3. The predicted molar refractivity (Wildman–Crippen MR) is 211 cm³/mol. The van der Waals surface area contributed by atoms with Gasteiger partial charge in [-0.15, -0.1) is 0 Å². The van der Waals surface area contributed by atoms with Gasteiger partial charge in [0.2, 0.25) is 5.91 Å². The third-order valence-corrected chi connectivity index (χ3v) is 5.25. The number of carbonyl (C=O) groups excluding carboxylic acids is 1. The summed E-state index contributed by atoms with van der Waals surface area (Å²) in [4.78, 5) is 15.8. The van der Waals surface area contributed by atoms with E-state index in [-0.39, 0.29) is 16.8 Å². The quantitative estimate of drug-likeness (QED) is 0.285. The Hall–Kier alpha value is -0.480. The minimum Gasteiger partial charge on any atom is -0.377 e. The Bertz CT molecular complexity index is 445. The van der Waals surface area contributed by atoms with Crippen LogP contribution in [-0.2, 0) is 9.53 Å². The van der Waals surface area contributed by atoms with Crippen molar-refractivity contribution in [1.82, 2.24) is 9.80 Å². The fourth-order valence-corrected chi connectivity index (χ4v) is 3.94. The average Bonchev–Trinajstić information content (AvgIpc) is 2.98. The van der Waals surface area contributed by atoms with Crippen molar-refractivity contribution in [1.29, 1.82) is 0 Å². The van der Waals surface area contributed by atoms with Crippen molar-refractivity contribution in [2.24, 2.45) is 11.8 Å². The molecule has 1 amide bonds. The second-order valence-corrected chi connectivity index (χ2v) is 11.1. The molecule has 0 saturated carbocycles. The Balaban J connectivity index is -0.0000000497. The van der Waals surface area contributed by atoms with Crippen molar-refractivity contribution in [3.63, 3.8) is 0 Å². The van der Waals surface area contributed by atoms with E-state index in [9.17, 15) is 4.79 Å². The van der Waals surface area contributed by atoms with Crippen LogP contribution in [-0.4, -0.2) is 76.5 Å². The third-order valence-electron chi connectivity index (χ3n) is 5.25. The van der Waals surface area contributed by atoms with Crippen LogP contribution in [0, 0.1) is 11.8 Å². The first-order valence-electron chi connectivity index (χ1n) is 18.6. The van der Waals surface area contributed by atoms with Crippen molar-refractivity contribution in [3.05, 3.63) is 0 Å². The van der Waals surface area contributed by atoms with Gasteiger partial charge in [-0.2, -0.15) is 0 Å². The Morgan fingerprint density at radius 3 is 1.09 bits per heavy atom. The number of nitrogens with zero attached hydrogens (tertiary/aromatic N) is 2. The van der Waals surface area contributed by atoms with E-state index in [1.54, 1.807) is 0 Å². The molecule has 3 fully saturated rings. The summed E-state index contributed by atoms with van der Waals surface area (Å²) in [6.45, 7) is 49.9. The Morgan fingerprint density at radius 1 is 0.545 bits per heavy atom. The highest BCUT2D eigenvalue weighted by Gasteiger charge is 2.45. The SMILES string of the molecule is CC.CC.CC.CC.CC.CC.CC(C)C.CC(C)C.CC(C)N1CCCCC12COC2.CC(C)N1CCCCC1=O.[B].[B]. The van der Waals surface area contributed by atoms with Gasteiger partial charge in [-0.3, -0.25) is 9.69 Å². The number of carbonyl (C=O) groups is 1. The standard InChI is InChI=1S/C10H19NO.C8H15NO.2C4H10.6C2H6.2B/c1-9(2)11-6-4-3-5-10(11)7-12-8-10;1-7(2)9-6-4-3-5-8(9)10;2*1-4(2)3;6*1-2;;/h9H,3-8H2,1-2H3;7H,3-6H2,1-2H3;2*4H,1-3H3;6*1-2H3;;. The molecule has 44 heavy (non-hydrogen) atoms. The summed E-state index contributed by atoms with van der Waals surface area (Å²) in [5.74, 6) is 2.00. The Morgan fingerprint density at radius 2 is 0.886 bits per heavy atom. The molecule has 0 aliphatic carbocycles. The van der Waals surface area contributed by atoms with E-state index in [1.807, 2.05) is 88.0 Å². The van der Waals surface area contributed by atoms with Crippen molar-refractivity contribution in [2.75, 3.05) is 26.3 Å². The summed E-state index contributed by atoms with van der Waals surface area (Å²) in [7, 11) is 0. The van der Waals surface area contributed by atoms with Gasteiger partial charge >= 0.3 is 0 Å². The largest absolute Gasteiger partial charge is 0.377 e. The normalized spacial score (nSPS) is 15.0. The highest BCUT2D eigenvalue weighted by atomic mass is 16.5. The van der Waals surface area contributed by atoms with Crippen molar-refractivity contribution in [2.45, 2.75) is 208 Å². The van der Waals surface area contributed by atoms with Gasteiger partial charge in [-0.25, -0.2) is 0 Å². The summed E-state index contributed by atoms with van der Waals surface area (Å²) in [5, 5.41) is 0. The van der Waals surface area contributed by atoms with Crippen molar-refractivity contribution in [3.8, 4) is 0 Å². The Kier molecular flexibility index (Phi) is 78.1. The van der Waals surface area contributed by atoms with E-state index in [0.29, 0.717) is 23.5 Å². The van der Waals surface area contributed by atoms with Gasteiger partial charge < -0.3 is 9.64 Å². The molecule has 1 spiro atoms. The number of piperidine rings is 2. The minimum absolute atomic E-state index is 0. The first-order valence-corrected chi connectivity index (χ1v) is 18.6. The van der Waals surface area contributed by atoms with Gasteiger partial charge in [0.15, 0.2) is 0 Å². The summed E-state index contributed by atoms with van der Waals surface area (Å²) in [6, 6.07) is 1.09. The number of rotatable bonds is 2. The number of hydrogen-bond donors (Lipinski definition) is 0. The third kappa shape index (κ3) is 41.5. The maximum Gasteiger partial charge on any atom is 0.222 e. The van der Waals surface area contributed by atoms with E-state index < -0.39 is 0 Å². The maximum atomic E-state index is 11.2. The van der Waals surface area contributed by atoms with Crippen LogP contribution >= 0.6 is 0 Å². The van der Waals surface area contributed by atoms with E-state index in [2.05, 4.69) is 74.1 Å². The van der Waals surface area contributed by atoms with Crippen molar-refractivity contribution < 1.29 is 9.53 Å². The zero-order valence-electron chi connectivity index (χ0n) is 35.2. The molecule has 0 aromatic rings. The van der Waals surface area contributed by atoms with Crippen molar-refractivity contribution >= 4 is 22.7 Å². The van der Waals surface area contributed by atoms with Crippen LogP contribution in [0.3, 0.4) is 0 Å². The van der Waals surface area contributed by atoms with E-state index in [0.717, 1.165) is 44.4 Å². The molecule has 270 valence electrons.